The van der Waals surface area contributed by atoms with Gasteiger partial charge in [-0.1, -0.05) is 6.92 Å². The zero-order chi connectivity index (χ0) is 4.28. The van der Waals surface area contributed by atoms with Crippen LogP contribution in [0.3, 0.4) is 0 Å². The highest BCUT2D eigenvalue weighted by molar-refractivity contribution is 4.48. The second-order valence-corrected chi connectivity index (χ2v) is 0.953. The van der Waals surface area contributed by atoms with Crippen LogP contribution < -0.4 is 11.5 Å². The summed E-state index contributed by atoms with van der Waals surface area (Å²) in [7, 11) is 0. The van der Waals surface area contributed by atoms with E-state index in [1.54, 1.807) is 0 Å². The molecule has 0 saturated carbocycles. The van der Waals surface area contributed by atoms with Crippen molar-refractivity contribution >= 4 is 0 Å². The maximum Gasteiger partial charge on any atom is 0.0520 e. The van der Waals surface area contributed by atoms with Gasteiger partial charge in [-0.05, 0) is 6.42 Å². The molecule has 0 aromatic rings. The highest BCUT2D eigenvalue weighted by Gasteiger charge is 1.79. The molecule has 0 aromatic carbocycles. The predicted molar refractivity (Wildman–Crippen MR) is 22.1 cm³/mol. The lowest BCUT2D eigenvalue weighted by molar-refractivity contribution is 0.718. The van der Waals surface area contributed by atoms with Crippen molar-refractivity contribution in [3.05, 3.63) is 6.92 Å². The molecule has 0 fully saturated rings. The SMILES string of the molecule is [CH2]CC(N)N. The molecule has 0 spiro atoms. The molecule has 0 heterocycles. The van der Waals surface area contributed by atoms with Gasteiger partial charge in [-0.2, -0.15) is 0 Å². The van der Waals surface area contributed by atoms with E-state index < -0.39 is 0 Å². The first-order valence-electron chi connectivity index (χ1n) is 1.57. The second-order valence-electron chi connectivity index (χ2n) is 0.953. The lowest BCUT2D eigenvalue weighted by Crippen LogP contribution is -2.28. The molecule has 0 aliphatic carbocycles. The van der Waals surface area contributed by atoms with E-state index in [0.29, 0.717) is 6.42 Å². The van der Waals surface area contributed by atoms with E-state index in [2.05, 4.69) is 6.92 Å². The van der Waals surface area contributed by atoms with Gasteiger partial charge < -0.3 is 11.5 Å². The lowest BCUT2D eigenvalue weighted by Gasteiger charge is -1.92. The minimum Gasteiger partial charge on any atom is -0.316 e. The summed E-state index contributed by atoms with van der Waals surface area (Å²) in [5, 5.41) is 0. The van der Waals surface area contributed by atoms with Crippen LogP contribution in [0.25, 0.3) is 0 Å². The van der Waals surface area contributed by atoms with Crippen molar-refractivity contribution in [2.24, 2.45) is 11.5 Å². The Balaban J connectivity index is 2.54. The normalized spacial score (nSPS) is 9.60. The Morgan fingerprint density at radius 1 is 1.60 bits per heavy atom. The number of nitrogens with two attached hydrogens (primary N) is 2. The van der Waals surface area contributed by atoms with Crippen molar-refractivity contribution in [2.75, 3.05) is 0 Å². The van der Waals surface area contributed by atoms with Crippen LogP contribution in [0, 0.1) is 6.92 Å². The van der Waals surface area contributed by atoms with Crippen LogP contribution in [-0.4, -0.2) is 6.17 Å². The quantitative estimate of drug-likeness (QED) is 0.409. The summed E-state index contributed by atoms with van der Waals surface area (Å²) >= 11 is 0. The first-order chi connectivity index (χ1) is 2.27. The number of hydrogen-bond donors (Lipinski definition) is 2. The van der Waals surface area contributed by atoms with Gasteiger partial charge in [0, 0.05) is 0 Å². The minimum absolute atomic E-state index is 0.227. The molecular formula is C3H9N2. The summed E-state index contributed by atoms with van der Waals surface area (Å²) in [5.41, 5.74) is 10.0. The smallest absolute Gasteiger partial charge is 0.0520 e. The third-order valence-corrected chi connectivity index (χ3v) is 0.333. The van der Waals surface area contributed by atoms with Crippen molar-refractivity contribution in [3.63, 3.8) is 0 Å². The molecule has 0 aliphatic rings. The Bertz CT molecular complexity index is 18.9. The zero-order valence-corrected chi connectivity index (χ0v) is 3.15. The third-order valence-electron chi connectivity index (χ3n) is 0.333. The van der Waals surface area contributed by atoms with E-state index in [0.717, 1.165) is 0 Å². The summed E-state index contributed by atoms with van der Waals surface area (Å²) in [5.74, 6) is 0. The summed E-state index contributed by atoms with van der Waals surface area (Å²) < 4.78 is 0. The van der Waals surface area contributed by atoms with Gasteiger partial charge in [0.1, 0.15) is 0 Å². The maximum absolute atomic E-state index is 5.01. The zero-order valence-electron chi connectivity index (χ0n) is 3.15. The lowest BCUT2D eigenvalue weighted by atomic mass is 10.4. The molecule has 0 saturated heterocycles. The molecule has 0 amide bonds. The van der Waals surface area contributed by atoms with Gasteiger partial charge in [0.25, 0.3) is 0 Å². The van der Waals surface area contributed by atoms with Crippen LogP contribution in [-0.2, 0) is 0 Å². The van der Waals surface area contributed by atoms with Gasteiger partial charge in [-0.15, -0.1) is 0 Å². The van der Waals surface area contributed by atoms with Gasteiger partial charge >= 0.3 is 0 Å². The topological polar surface area (TPSA) is 52.0 Å². The first-order valence-corrected chi connectivity index (χ1v) is 1.57. The molecule has 31 valence electrons. The molecule has 0 atom stereocenters. The van der Waals surface area contributed by atoms with Crippen LogP contribution >= 0.6 is 0 Å². The van der Waals surface area contributed by atoms with Gasteiger partial charge in [-0.25, -0.2) is 0 Å². The molecule has 0 bridgehead atoms. The Hall–Kier alpha value is -0.0800. The average Bonchev–Trinajstić information content (AvgIpc) is 1.38. The van der Waals surface area contributed by atoms with E-state index in [1.807, 2.05) is 0 Å². The molecule has 0 rings (SSSR count). The molecule has 0 aromatic heterocycles. The van der Waals surface area contributed by atoms with Crippen molar-refractivity contribution in [1.82, 2.24) is 0 Å². The highest BCUT2D eigenvalue weighted by Crippen LogP contribution is 1.67. The Morgan fingerprint density at radius 2 is 1.80 bits per heavy atom. The Kier molecular flexibility index (Phi) is 2.14. The summed E-state index contributed by atoms with van der Waals surface area (Å²) in [6.07, 6.45) is 0.384. The molecule has 1 radical (unpaired) electrons. The van der Waals surface area contributed by atoms with Crippen LogP contribution in [0.2, 0.25) is 0 Å². The molecule has 5 heavy (non-hydrogen) atoms. The fourth-order valence-corrected chi connectivity index (χ4v) is 0. The fraction of sp³-hybridized carbons (Fsp3) is 0.667. The van der Waals surface area contributed by atoms with Crippen molar-refractivity contribution in [1.29, 1.82) is 0 Å². The largest absolute Gasteiger partial charge is 0.316 e. The van der Waals surface area contributed by atoms with Crippen molar-refractivity contribution in [2.45, 2.75) is 12.6 Å². The summed E-state index contributed by atoms with van der Waals surface area (Å²) in [6, 6.07) is 0. The molecule has 0 aliphatic heterocycles. The summed E-state index contributed by atoms with van der Waals surface area (Å²) in [6.45, 7) is 3.44. The summed E-state index contributed by atoms with van der Waals surface area (Å²) in [4.78, 5) is 0. The molecule has 2 heteroatoms. The van der Waals surface area contributed by atoms with Crippen molar-refractivity contribution < 1.29 is 0 Å². The van der Waals surface area contributed by atoms with Crippen LogP contribution in [0.5, 0.6) is 0 Å². The number of rotatable bonds is 1. The second kappa shape index (κ2) is 2.18. The fourth-order valence-electron chi connectivity index (χ4n) is 0. The van der Waals surface area contributed by atoms with Crippen LogP contribution in [0.4, 0.5) is 0 Å². The van der Waals surface area contributed by atoms with Crippen molar-refractivity contribution in [3.8, 4) is 0 Å². The monoisotopic (exact) mass is 73.1 g/mol. The molecule has 0 unspecified atom stereocenters. The predicted octanol–water partition coefficient (Wildman–Crippen LogP) is -0.546. The third kappa shape index (κ3) is 3.92. The standard InChI is InChI=1S/C3H9N2/c1-2-3(4)5/h3H,1-2,4-5H2. The van der Waals surface area contributed by atoms with E-state index in [4.69, 9.17) is 11.5 Å². The molecular weight excluding hydrogens is 64.0 g/mol. The number of hydrogen-bond acceptors (Lipinski definition) is 2. The van der Waals surface area contributed by atoms with E-state index >= 15 is 0 Å². The van der Waals surface area contributed by atoms with E-state index in [1.165, 1.54) is 0 Å². The minimum atomic E-state index is -0.227. The van der Waals surface area contributed by atoms with Crippen LogP contribution in [0.15, 0.2) is 0 Å². The Morgan fingerprint density at radius 3 is 1.80 bits per heavy atom. The molecule has 4 N–H and O–H groups in total. The maximum atomic E-state index is 5.01. The van der Waals surface area contributed by atoms with Gasteiger partial charge in [0.05, 0.1) is 6.17 Å². The highest BCUT2D eigenvalue weighted by atomic mass is 14.8. The van der Waals surface area contributed by atoms with Gasteiger partial charge in [0.2, 0.25) is 0 Å². The van der Waals surface area contributed by atoms with E-state index in [9.17, 15) is 0 Å². The van der Waals surface area contributed by atoms with E-state index in [-0.39, 0.29) is 6.17 Å². The first kappa shape index (κ1) is 4.92. The Labute approximate surface area is 32.1 Å². The van der Waals surface area contributed by atoms with Crippen LogP contribution in [0.1, 0.15) is 6.42 Å². The average molecular weight is 73.1 g/mol. The van der Waals surface area contributed by atoms with Gasteiger partial charge in [0.15, 0.2) is 0 Å². The molecule has 2 nitrogen and oxygen atoms in total. The van der Waals surface area contributed by atoms with Gasteiger partial charge in [-0.3, -0.25) is 0 Å².